The van der Waals surface area contributed by atoms with Crippen LogP contribution < -0.4 is 10.6 Å². The van der Waals surface area contributed by atoms with Crippen molar-refractivity contribution in [2.45, 2.75) is 25.3 Å². The van der Waals surface area contributed by atoms with Gasteiger partial charge in [-0.2, -0.15) is 0 Å². The van der Waals surface area contributed by atoms with Crippen molar-refractivity contribution in [1.82, 2.24) is 0 Å². The van der Waals surface area contributed by atoms with Crippen LogP contribution >= 0.6 is 11.6 Å². The first-order valence-electron chi connectivity index (χ1n) is 6.51. The number of ether oxygens (including phenoxy) is 1. The summed E-state index contributed by atoms with van der Waals surface area (Å²) in [5, 5.41) is 0.823. The second-order valence-corrected chi connectivity index (χ2v) is 5.11. The molecular formula is C14H21ClN2O. The highest BCUT2D eigenvalue weighted by Crippen LogP contribution is 2.37. The number of halogens is 1. The Morgan fingerprint density at radius 2 is 2.22 bits per heavy atom. The fourth-order valence-corrected chi connectivity index (χ4v) is 2.59. The summed E-state index contributed by atoms with van der Waals surface area (Å²) >= 11 is 6.39. The molecule has 0 aliphatic heterocycles. The van der Waals surface area contributed by atoms with E-state index in [1.165, 1.54) is 18.4 Å². The first-order chi connectivity index (χ1) is 8.77. The predicted molar refractivity (Wildman–Crippen MR) is 76.5 cm³/mol. The van der Waals surface area contributed by atoms with Gasteiger partial charge in [0.1, 0.15) is 0 Å². The van der Waals surface area contributed by atoms with E-state index < -0.39 is 0 Å². The lowest BCUT2D eigenvalue weighted by molar-refractivity contribution is 0.205. The van der Waals surface area contributed by atoms with E-state index in [4.69, 9.17) is 22.1 Å². The van der Waals surface area contributed by atoms with Crippen molar-refractivity contribution in [3.8, 4) is 0 Å². The first kappa shape index (κ1) is 13.7. The molecule has 0 saturated heterocycles. The summed E-state index contributed by atoms with van der Waals surface area (Å²) in [7, 11) is 1.73. The van der Waals surface area contributed by atoms with Gasteiger partial charge in [0.15, 0.2) is 0 Å². The van der Waals surface area contributed by atoms with Crippen LogP contribution in [0.4, 0.5) is 5.69 Å². The van der Waals surface area contributed by atoms with Gasteiger partial charge in [-0.05, 0) is 37.4 Å². The number of anilines is 1. The molecule has 1 aromatic rings. The summed E-state index contributed by atoms with van der Waals surface area (Å²) in [5.41, 5.74) is 8.09. The van der Waals surface area contributed by atoms with Crippen molar-refractivity contribution in [2.75, 3.05) is 31.7 Å². The van der Waals surface area contributed by atoms with Gasteiger partial charge in [-0.15, -0.1) is 0 Å². The predicted octanol–water partition coefficient (Wildman–Crippen LogP) is 2.46. The Balaban J connectivity index is 2.26. The maximum Gasteiger partial charge on any atom is 0.0642 e. The molecule has 18 heavy (non-hydrogen) atoms. The fraction of sp³-hybridized carbons (Fsp3) is 0.571. The third-order valence-electron chi connectivity index (χ3n) is 3.30. The fourth-order valence-electron chi connectivity index (χ4n) is 2.29. The Morgan fingerprint density at radius 3 is 2.83 bits per heavy atom. The van der Waals surface area contributed by atoms with Crippen molar-refractivity contribution in [3.05, 3.63) is 28.8 Å². The molecule has 1 aromatic carbocycles. The minimum atomic E-state index is 0.622. The number of benzene rings is 1. The van der Waals surface area contributed by atoms with Crippen LogP contribution in [0.15, 0.2) is 18.2 Å². The molecule has 1 saturated carbocycles. The molecule has 2 N–H and O–H groups in total. The molecule has 0 atom stereocenters. The quantitative estimate of drug-likeness (QED) is 0.826. The number of para-hydroxylation sites is 1. The van der Waals surface area contributed by atoms with Gasteiger partial charge in [0.2, 0.25) is 0 Å². The van der Waals surface area contributed by atoms with E-state index in [2.05, 4.69) is 11.0 Å². The third-order valence-corrected chi connectivity index (χ3v) is 3.60. The maximum atomic E-state index is 6.39. The standard InChI is InChI=1S/C14H21ClN2O/c1-18-10-9-17(12-5-6-12)14-11(7-8-16)3-2-4-13(14)15/h2-4,12H,5-10,16H2,1H3. The van der Waals surface area contributed by atoms with Gasteiger partial charge in [0.05, 0.1) is 17.3 Å². The number of hydrogen-bond donors (Lipinski definition) is 1. The highest BCUT2D eigenvalue weighted by Gasteiger charge is 2.31. The van der Waals surface area contributed by atoms with Crippen molar-refractivity contribution in [1.29, 1.82) is 0 Å². The van der Waals surface area contributed by atoms with Gasteiger partial charge in [0, 0.05) is 19.7 Å². The summed E-state index contributed by atoms with van der Waals surface area (Å²) in [6.45, 7) is 2.27. The van der Waals surface area contributed by atoms with Crippen LogP contribution in [0.1, 0.15) is 18.4 Å². The minimum absolute atomic E-state index is 0.622. The zero-order chi connectivity index (χ0) is 13.0. The Hall–Kier alpha value is -0.770. The van der Waals surface area contributed by atoms with E-state index in [0.717, 1.165) is 30.3 Å². The molecule has 100 valence electrons. The molecule has 4 heteroatoms. The van der Waals surface area contributed by atoms with Crippen LogP contribution in [0.25, 0.3) is 0 Å². The summed E-state index contributed by atoms with van der Waals surface area (Å²) < 4.78 is 5.20. The van der Waals surface area contributed by atoms with Crippen molar-refractivity contribution >= 4 is 17.3 Å². The molecule has 3 nitrogen and oxygen atoms in total. The average Bonchev–Trinajstić information content (AvgIpc) is 3.17. The third kappa shape index (κ3) is 3.16. The van der Waals surface area contributed by atoms with Gasteiger partial charge in [-0.3, -0.25) is 0 Å². The molecule has 0 unspecified atom stereocenters. The van der Waals surface area contributed by atoms with E-state index in [0.29, 0.717) is 12.6 Å². The topological polar surface area (TPSA) is 38.5 Å². The lowest BCUT2D eigenvalue weighted by atomic mass is 10.1. The number of methoxy groups -OCH3 is 1. The van der Waals surface area contributed by atoms with Gasteiger partial charge >= 0.3 is 0 Å². The van der Waals surface area contributed by atoms with Crippen molar-refractivity contribution < 1.29 is 4.74 Å². The van der Waals surface area contributed by atoms with Crippen molar-refractivity contribution in [3.63, 3.8) is 0 Å². The summed E-state index contributed by atoms with van der Waals surface area (Å²) in [6, 6.07) is 6.70. The van der Waals surface area contributed by atoms with Gasteiger partial charge in [-0.1, -0.05) is 23.7 Å². The van der Waals surface area contributed by atoms with Crippen molar-refractivity contribution in [2.24, 2.45) is 5.73 Å². The highest BCUT2D eigenvalue weighted by atomic mass is 35.5. The van der Waals surface area contributed by atoms with Crippen LogP contribution in [0, 0.1) is 0 Å². The monoisotopic (exact) mass is 268 g/mol. The summed E-state index contributed by atoms with van der Waals surface area (Å²) in [4.78, 5) is 2.39. The molecule has 2 rings (SSSR count). The molecule has 1 aliphatic carbocycles. The first-order valence-corrected chi connectivity index (χ1v) is 6.88. The Morgan fingerprint density at radius 1 is 1.44 bits per heavy atom. The molecule has 0 bridgehead atoms. The number of nitrogens with two attached hydrogens (primary N) is 1. The van der Waals surface area contributed by atoms with Crippen LogP contribution in [0.2, 0.25) is 5.02 Å². The lowest BCUT2D eigenvalue weighted by Gasteiger charge is -2.28. The minimum Gasteiger partial charge on any atom is -0.383 e. The molecule has 0 radical (unpaired) electrons. The molecule has 1 aliphatic rings. The maximum absolute atomic E-state index is 6.39. The molecule has 0 spiro atoms. The molecule has 0 amide bonds. The molecule has 0 aromatic heterocycles. The van der Waals surface area contributed by atoms with Gasteiger partial charge in [0.25, 0.3) is 0 Å². The van der Waals surface area contributed by atoms with Crippen LogP contribution in [-0.2, 0) is 11.2 Å². The molecule has 0 heterocycles. The van der Waals surface area contributed by atoms with E-state index in [-0.39, 0.29) is 0 Å². The largest absolute Gasteiger partial charge is 0.383 e. The number of hydrogen-bond acceptors (Lipinski definition) is 3. The Kier molecular flexibility index (Phi) is 4.87. The van der Waals surface area contributed by atoms with E-state index >= 15 is 0 Å². The summed E-state index contributed by atoms with van der Waals surface area (Å²) in [6.07, 6.45) is 3.36. The smallest absolute Gasteiger partial charge is 0.0642 e. The Labute approximate surface area is 114 Å². The normalized spacial score (nSPS) is 14.8. The SMILES string of the molecule is COCCN(c1c(Cl)cccc1CCN)C1CC1. The Bertz CT molecular complexity index is 393. The van der Waals surface area contributed by atoms with Gasteiger partial charge in [-0.25, -0.2) is 0 Å². The second-order valence-electron chi connectivity index (χ2n) is 4.70. The van der Waals surface area contributed by atoms with E-state index in [1.54, 1.807) is 7.11 Å². The number of nitrogens with zero attached hydrogens (tertiary/aromatic N) is 1. The zero-order valence-corrected chi connectivity index (χ0v) is 11.6. The van der Waals surface area contributed by atoms with Crippen LogP contribution in [0.3, 0.4) is 0 Å². The average molecular weight is 269 g/mol. The zero-order valence-electron chi connectivity index (χ0n) is 10.9. The second kappa shape index (κ2) is 6.41. The molecular weight excluding hydrogens is 248 g/mol. The highest BCUT2D eigenvalue weighted by molar-refractivity contribution is 6.33. The van der Waals surface area contributed by atoms with Gasteiger partial charge < -0.3 is 15.4 Å². The lowest BCUT2D eigenvalue weighted by Crippen LogP contribution is -2.30. The van der Waals surface area contributed by atoms with Crippen LogP contribution in [-0.4, -0.2) is 32.8 Å². The number of rotatable bonds is 7. The van der Waals surface area contributed by atoms with E-state index in [1.807, 2.05) is 12.1 Å². The molecule has 1 fully saturated rings. The van der Waals surface area contributed by atoms with Crippen LogP contribution in [0.5, 0.6) is 0 Å². The van der Waals surface area contributed by atoms with E-state index in [9.17, 15) is 0 Å². The summed E-state index contributed by atoms with van der Waals surface area (Å²) in [5.74, 6) is 0.